The van der Waals surface area contributed by atoms with Crippen LogP contribution in [0.1, 0.15) is 31.4 Å². The van der Waals surface area contributed by atoms with Crippen LogP contribution < -0.4 is 5.32 Å². The third-order valence-electron chi connectivity index (χ3n) is 2.49. The number of nitriles is 1. The number of carbonyl (C=O) groups excluding carboxylic acids is 1. The smallest absolute Gasteiger partial charge is 0.305 e. The molecule has 0 saturated heterocycles. The van der Waals surface area contributed by atoms with E-state index in [2.05, 4.69) is 15.0 Å². The number of nitrogens with one attached hydrogen (secondary N) is 1. The minimum atomic E-state index is -0.157. The van der Waals surface area contributed by atoms with E-state index in [9.17, 15) is 4.79 Å². The molecule has 0 atom stereocenters. The van der Waals surface area contributed by atoms with Crippen LogP contribution in [0.5, 0.6) is 0 Å². The van der Waals surface area contributed by atoms with Crippen LogP contribution in [0, 0.1) is 11.3 Å². The van der Waals surface area contributed by atoms with Crippen molar-refractivity contribution in [2.45, 2.75) is 25.7 Å². The molecule has 0 bridgehead atoms. The molecule has 96 valence electrons. The summed E-state index contributed by atoms with van der Waals surface area (Å²) in [5.74, 6) is -0.157. The Bertz CT molecular complexity index is 426. The van der Waals surface area contributed by atoms with Crippen LogP contribution in [0.25, 0.3) is 0 Å². The predicted octanol–water partition coefficient (Wildman–Crippen LogP) is 2.10. The summed E-state index contributed by atoms with van der Waals surface area (Å²) in [6.45, 7) is 0.816. The van der Waals surface area contributed by atoms with Gasteiger partial charge in [-0.2, -0.15) is 5.26 Å². The number of methoxy groups -OCH3 is 1. The number of unbranched alkanes of at least 4 members (excludes halogenated alkanes) is 2. The zero-order chi connectivity index (χ0) is 13.2. The fourth-order valence-electron chi connectivity index (χ4n) is 1.51. The molecule has 0 amide bonds. The number of rotatable bonds is 7. The Morgan fingerprint density at radius 3 is 3.06 bits per heavy atom. The van der Waals surface area contributed by atoms with E-state index in [1.54, 1.807) is 12.3 Å². The van der Waals surface area contributed by atoms with Crippen molar-refractivity contribution in [1.82, 2.24) is 4.98 Å². The SMILES string of the molecule is COC(=O)CCCCCNc1ccnc(C#N)c1. The van der Waals surface area contributed by atoms with E-state index < -0.39 is 0 Å². The fourth-order valence-corrected chi connectivity index (χ4v) is 1.51. The molecule has 1 heterocycles. The Kier molecular flexibility index (Phi) is 6.26. The van der Waals surface area contributed by atoms with E-state index in [0.29, 0.717) is 12.1 Å². The van der Waals surface area contributed by atoms with Crippen LogP contribution in [0.4, 0.5) is 5.69 Å². The van der Waals surface area contributed by atoms with Gasteiger partial charge >= 0.3 is 5.97 Å². The van der Waals surface area contributed by atoms with Gasteiger partial charge in [-0.25, -0.2) is 4.98 Å². The molecular weight excluding hydrogens is 230 g/mol. The normalized spacial score (nSPS) is 9.56. The van der Waals surface area contributed by atoms with Gasteiger partial charge in [-0.1, -0.05) is 6.42 Å². The number of esters is 1. The molecule has 1 aromatic rings. The Morgan fingerprint density at radius 2 is 2.33 bits per heavy atom. The second-order valence-electron chi connectivity index (χ2n) is 3.86. The number of pyridine rings is 1. The number of anilines is 1. The molecule has 5 nitrogen and oxygen atoms in total. The molecular formula is C13H17N3O2. The summed E-state index contributed by atoms with van der Waals surface area (Å²) in [5.41, 5.74) is 1.31. The zero-order valence-corrected chi connectivity index (χ0v) is 10.5. The molecule has 0 saturated carbocycles. The van der Waals surface area contributed by atoms with Crippen molar-refractivity contribution >= 4 is 11.7 Å². The highest BCUT2D eigenvalue weighted by atomic mass is 16.5. The monoisotopic (exact) mass is 247 g/mol. The van der Waals surface area contributed by atoms with Crippen LogP contribution in [-0.4, -0.2) is 24.6 Å². The maximum Gasteiger partial charge on any atom is 0.305 e. The van der Waals surface area contributed by atoms with Crippen LogP contribution >= 0.6 is 0 Å². The lowest BCUT2D eigenvalue weighted by molar-refractivity contribution is -0.140. The van der Waals surface area contributed by atoms with E-state index in [1.165, 1.54) is 7.11 Å². The second kappa shape index (κ2) is 8.07. The Hall–Kier alpha value is -2.09. The lowest BCUT2D eigenvalue weighted by atomic mass is 10.2. The molecule has 1 N–H and O–H groups in total. The molecule has 1 aromatic heterocycles. The van der Waals surface area contributed by atoms with E-state index in [0.717, 1.165) is 31.5 Å². The summed E-state index contributed by atoms with van der Waals surface area (Å²) in [6, 6.07) is 5.54. The molecule has 1 rings (SSSR count). The lowest BCUT2D eigenvalue weighted by Crippen LogP contribution is -2.03. The van der Waals surface area contributed by atoms with E-state index >= 15 is 0 Å². The molecule has 0 radical (unpaired) electrons. The first kappa shape index (κ1) is 14.0. The second-order valence-corrected chi connectivity index (χ2v) is 3.86. The van der Waals surface area contributed by atoms with Gasteiger partial charge in [0.25, 0.3) is 0 Å². The first-order valence-corrected chi connectivity index (χ1v) is 5.93. The molecule has 0 spiro atoms. The number of ether oxygens (including phenoxy) is 1. The van der Waals surface area contributed by atoms with Gasteiger partial charge in [0.15, 0.2) is 0 Å². The largest absolute Gasteiger partial charge is 0.469 e. The maximum atomic E-state index is 10.9. The third kappa shape index (κ3) is 5.30. The highest BCUT2D eigenvalue weighted by Gasteiger charge is 1.99. The standard InChI is InChI=1S/C13H17N3O2/c1-18-13(17)5-3-2-4-7-15-11-6-8-16-12(9-11)10-14/h6,8-9H,2-5,7H2,1H3,(H,15,16). The minimum Gasteiger partial charge on any atom is -0.469 e. The van der Waals surface area contributed by atoms with Gasteiger partial charge in [0.2, 0.25) is 0 Å². The number of nitrogens with zero attached hydrogens (tertiary/aromatic N) is 2. The summed E-state index contributed by atoms with van der Waals surface area (Å²) >= 11 is 0. The van der Waals surface area contributed by atoms with Crippen LogP contribution in [0.15, 0.2) is 18.3 Å². The predicted molar refractivity (Wildman–Crippen MR) is 67.9 cm³/mol. The van der Waals surface area contributed by atoms with Crippen molar-refractivity contribution in [3.8, 4) is 6.07 Å². The summed E-state index contributed by atoms with van der Waals surface area (Å²) in [6.07, 6.45) is 4.87. The molecule has 0 aliphatic heterocycles. The number of hydrogen-bond donors (Lipinski definition) is 1. The summed E-state index contributed by atoms with van der Waals surface area (Å²) < 4.78 is 4.56. The quantitative estimate of drug-likeness (QED) is 0.590. The van der Waals surface area contributed by atoms with Gasteiger partial charge in [0.1, 0.15) is 11.8 Å². The van der Waals surface area contributed by atoms with E-state index in [-0.39, 0.29) is 5.97 Å². The van der Waals surface area contributed by atoms with Gasteiger partial charge in [-0.15, -0.1) is 0 Å². The first-order chi connectivity index (χ1) is 8.76. The number of aromatic nitrogens is 1. The average molecular weight is 247 g/mol. The molecule has 0 unspecified atom stereocenters. The maximum absolute atomic E-state index is 10.9. The van der Waals surface area contributed by atoms with Crippen molar-refractivity contribution in [3.63, 3.8) is 0 Å². The molecule has 0 aliphatic rings. The van der Waals surface area contributed by atoms with Gasteiger partial charge in [0.05, 0.1) is 7.11 Å². The average Bonchev–Trinajstić information content (AvgIpc) is 2.42. The fraction of sp³-hybridized carbons (Fsp3) is 0.462. The van der Waals surface area contributed by atoms with Crippen molar-refractivity contribution in [2.24, 2.45) is 0 Å². The lowest BCUT2D eigenvalue weighted by Gasteiger charge is -2.05. The van der Waals surface area contributed by atoms with Gasteiger partial charge < -0.3 is 10.1 Å². The highest BCUT2D eigenvalue weighted by Crippen LogP contribution is 2.08. The van der Waals surface area contributed by atoms with Crippen LogP contribution in [0.2, 0.25) is 0 Å². The molecule has 5 heteroatoms. The topological polar surface area (TPSA) is 75.0 Å². The Balaban J connectivity index is 2.14. The molecule has 0 aliphatic carbocycles. The Morgan fingerprint density at radius 1 is 1.50 bits per heavy atom. The van der Waals surface area contributed by atoms with Gasteiger partial charge in [0, 0.05) is 24.8 Å². The highest BCUT2D eigenvalue weighted by molar-refractivity contribution is 5.68. The van der Waals surface area contributed by atoms with E-state index in [4.69, 9.17) is 5.26 Å². The third-order valence-corrected chi connectivity index (χ3v) is 2.49. The molecule has 0 fully saturated rings. The van der Waals surface area contributed by atoms with Crippen LogP contribution in [-0.2, 0) is 9.53 Å². The molecule has 18 heavy (non-hydrogen) atoms. The summed E-state index contributed by atoms with van der Waals surface area (Å²) in [4.78, 5) is 14.8. The first-order valence-electron chi connectivity index (χ1n) is 5.93. The summed E-state index contributed by atoms with van der Waals surface area (Å²) in [5, 5.41) is 11.9. The van der Waals surface area contributed by atoms with E-state index in [1.807, 2.05) is 12.1 Å². The zero-order valence-electron chi connectivity index (χ0n) is 10.5. The van der Waals surface area contributed by atoms with Crippen molar-refractivity contribution in [3.05, 3.63) is 24.0 Å². The minimum absolute atomic E-state index is 0.157. The summed E-state index contributed by atoms with van der Waals surface area (Å²) in [7, 11) is 1.40. The van der Waals surface area contributed by atoms with Gasteiger partial charge in [-0.05, 0) is 25.0 Å². The van der Waals surface area contributed by atoms with Crippen LogP contribution in [0.3, 0.4) is 0 Å². The Labute approximate surface area is 107 Å². The van der Waals surface area contributed by atoms with Crippen molar-refractivity contribution < 1.29 is 9.53 Å². The van der Waals surface area contributed by atoms with Crippen molar-refractivity contribution in [1.29, 1.82) is 5.26 Å². The molecule has 0 aromatic carbocycles. The number of hydrogen-bond acceptors (Lipinski definition) is 5. The van der Waals surface area contributed by atoms with Crippen molar-refractivity contribution in [2.75, 3.05) is 19.0 Å². The van der Waals surface area contributed by atoms with Gasteiger partial charge in [-0.3, -0.25) is 4.79 Å². The number of carbonyl (C=O) groups is 1.